The molecule has 0 aliphatic carbocycles. The second-order valence-electron chi connectivity index (χ2n) is 9.36. The molecule has 1 aliphatic rings. The van der Waals surface area contributed by atoms with Crippen LogP contribution >= 0.6 is 7.75 Å². The number of hydrogen-bond acceptors (Lipinski definition) is 11. The molecule has 18 heteroatoms. The molecule has 1 fully saturated rings. The number of fused-ring (bicyclic) bond motifs is 1. The second-order valence-corrected chi connectivity index (χ2v) is 11.1. The van der Waals surface area contributed by atoms with Crippen molar-refractivity contribution in [3.8, 4) is 5.75 Å². The topological polar surface area (TPSA) is 173 Å². The average Bonchev–Trinajstić information content (AvgIpc) is 3.41. The fourth-order valence-corrected chi connectivity index (χ4v) is 5.48. The van der Waals surface area contributed by atoms with E-state index in [2.05, 4.69) is 20.0 Å². The van der Waals surface area contributed by atoms with Gasteiger partial charge in [0.05, 0.1) is 19.0 Å². The minimum Gasteiger partial charge on any atom is -0.462 e. The van der Waals surface area contributed by atoms with Crippen LogP contribution in [0, 0.1) is 0 Å². The highest BCUT2D eigenvalue weighted by Gasteiger charge is 2.74. The molecule has 0 amide bonds. The van der Waals surface area contributed by atoms with Crippen LogP contribution in [0.5, 0.6) is 5.75 Å². The number of aromatic nitrogens is 4. The molecule has 0 spiro atoms. The Kier molecular flexibility index (Phi) is 8.57. The summed E-state index contributed by atoms with van der Waals surface area (Å²) in [6.07, 6.45) is -7.67. The third kappa shape index (κ3) is 5.85. The van der Waals surface area contributed by atoms with Crippen molar-refractivity contribution in [3.63, 3.8) is 0 Å². The molecule has 0 bridgehead atoms. The van der Waals surface area contributed by atoms with Crippen molar-refractivity contribution in [2.45, 2.75) is 63.2 Å². The summed E-state index contributed by atoms with van der Waals surface area (Å²) in [5, 5.41) is 12.7. The second kappa shape index (κ2) is 11.5. The molecule has 41 heavy (non-hydrogen) atoms. The number of esters is 1. The van der Waals surface area contributed by atoms with Gasteiger partial charge in [-0.25, -0.2) is 28.3 Å². The minimum absolute atomic E-state index is 0.0513. The van der Waals surface area contributed by atoms with E-state index in [0.29, 0.717) is 0 Å². The molecule has 1 saturated heterocycles. The lowest BCUT2D eigenvalue weighted by Crippen LogP contribution is -2.57. The van der Waals surface area contributed by atoms with Gasteiger partial charge in [0, 0.05) is 0 Å². The average molecular weight is 606 g/mol. The lowest BCUT2D eigenvalue weighted by Gasteiger charge is -2.34. The van der Waals surface area contributed by atoms with Crippen LogP contribution in [-0.2, 0) is 23.4 Å². The number of carbonyl (C=O) groups excluding carboxylic acids is 1. The number of hydrogen-bond donors (Lipinski definition) is 3. The van der Waals surface area contributed by atoms with Gasteiger partial charge < -0.3 is 24.8 Å². The molecule has 5 atom stereocenters. The van der Waals surface area contributed by atoms with Crippen molar-refractivity contribution < 1.29 is 50.5 Å². The number of nitrogens with one attached hydrogen (secondary N) is 1. The molecule has 1 aliphatic heterocycles. The molecule has 0 saturated carbocycles. The maximum absolute atomic E-state index is 15.5. The first-order chi connectivity index (χ1) is 19.2. The summed E-state index contributed by atoms with van der Waals surface area (Å²) < 4.78 is 95.1. The fraction of sp³-hybridized carbons (Fsp3) is 0.478. The van der Waals surface area contributed by atoms with E-state index < -0.39 is 62.7 Å². The first-order valence-electron chi connectivity index (χ1n) is 12.1. The van der Waals surface area contributed by atoms with Gasteiger partial charge >= 0.3 is 19.6 Å². The highest BCUT2D eigenvalue weighted by atomic mass is 31.2. The number of anilines is 1. The molecule has 0 radical (unpaired) electrons. The fourth-order valence-electron chi connectivity index (χ4n) is 3.96. The molecule has 224 valence electrons. The van der Waals surface area contributed by atoms with E-state index in [-0.39, 0.29) is 22.7 Å². The highest BCUT2D eigenvalue weighted by molar-refractivity contribution is 7.52. The van der Waals surface area contributed by atoms with Gasteiger partial charge in [0.1, 0.15) is 23.6 Å². The molecule has 3 aromatic rings. The number of nitrogens with two attached hydrogens (primary N) is 1. The number of aliphatic hydroxyl groups is 1. The number of ether oxygens (including phenoxy) is 2. The molecule has 4 rings (SSSR count). The summed E-state index contributed by atoms with van der Waals surface area (Å²) in [5.41, 5.74) is 1.63. The first kappa shape index (κ1) is 30.6. The highest BCUT2D eigenvalue weighted by Crippen LogP contribution is 2.54. The van der Waals surface area contributed by atoms with Gasteiger partial charge in [0.25, 0.3) is 6.43 Å². The molecular weight excluding hydrogens is 579 g/mol. The van der Waals surface area contributed by atoms with Crippen LogP contribution in [0.1, 0.15) is 27.0 Å². The Morgan fingerprint density at radius 1 is 1.22 bits per heavy atom. The van der Waals surface area contributed by atoms with Crippen molar-refractivity contribution in [2.75, 3.05) is 12.3 Å². The summed E-state index contributed by atoms with van der Waals surface area (Å²) in [5.74, 6) is -5.82. The van der Waals surface area contributed by atoms with Crippen LogP contribution in [0.3, 0.4) is 0 Å². The van der Waals surface area contributed by atoms with E-state index >= 15 is 8.78 Å². The third-order valence-electron chi connectivity index (χ3n) is 6.03. The van der Waals surface area contributed by atoms with Crippen molar-refractivity contribution in [2.24, 2.45) is 0 Å². The number of nitrogen functional groups attached to an aromatic ring is 1. The van der Waals surface area contributed by atoms with Crippen LogP contribution in [-0.4, -0.2) is 73.4 Å². The largest absolute Gasteiger partial charge is 0.462 e. The first-order valence-corrected chi connectivity index (χ1v) is 13.7. The Morgan fingerprint density at radius 3 is 2.54 bits per heavy atom. The van der Waals surface area contributed by atoms with Gasteiger partial charge in [-0.3, -0.25) is 13.9 Å². The maximum Gasteiger partial charge on any atom is 0.459 e. The van der Waals surface area contributed by atoms with E-state index in [1.165, 1.54) is 31.2 Å². The monoisotopic (exact) mass is 606 g/mol. The molecule has 2 aromatic heterocycles. The Labute approximate surface area is 230 Å². The Hall–Kier alpha value is -3.37. The summed E-state index contributed by atoms with van der Waals surface area (Å²) in [6, 6.07) is 5.83. The smallest absolute Gasteiger partial charge is 0.459 e. The normalized spacial score (nSPS) is 24.4. The lowest BCUT2D eigenvalue weighted by molar-refractivity contribution is -0.241. The minimum atomic E-state index is -4.87. The number of rotatable bonds is 11. The van der Waals surface area contributed by atoms with Gasteiger partial charge in [-0.2, -0.15) is 13.9 Å². The Balaban J connectivity index is 1.66. The maximum atomic E-state index is 15.5. The van der Waals surface area contributed by atoms with Crippen molar-refractivity contribution >= 4 is 30.7 Å². The van der Waals surface area contributed by atoms with Gasteiger partial charge in [0.2, 0.25) is 5.60 Å². The van der Waals surface area contributed by atoms with Crippen LogP contribution in [0.2, 0.25) is 0 Å². The van der Waals surface area contributed by atoms with Gasteiger partial charge in [-0.15, -0.1) is 0 Å². The standard InChI is InChI=1S/C23H27F4N6O7P/c1-12(2)38-20(35)13(3)32-41(36,40-14-7-5-4-6-8-14)37-9-22(21(24)25)23(26,27)16(34)19(39-22)33-11-31-15-17(28)29-10-30-18(15)33/h4-8,10-13,16,19,21,34H,9H2,1-3H3,(H,32,36)(H2,28,29,30)/t13-,16-,19+,22-,41?/m0/s1. The SMILES string of the molecule is CC(C)OC(=O)[C@H](C)NP(=O)(OC[C@@]1(C(F)F)O[C@@H](n2cnc3c(N)ncnc32)[C@H](O)C1(F)F)Oc1ccccc1. The summed E-state index contributed by atoms with van der Waals surface area (Å²) in [4.78, 5) is 23.8. The Morgan fingerprint density at radius 2 is 1.90 bits per heavy atom. The quantitative estimate of drug-likeness (QED) is 0.166. The molecule has 1 aromatic carbocycles. The van der Waals surface area contributed by atoms with Crippen LogP contribution in [0.25, 0.3) is 11.2 Å². The number of para-hydroxylation sites is 1. The van der Waals surface area contributed by atoms with E-state index in [0.717, 1.165) is 17.2 Å². The summed E-state index contributed by atoms with van der Waals surface area (Å²) in [7, 11) is -4.87. The van der Waals surface area contributed by atoms with E-state index in [9.17, 15) is 23.2 Å². The van der Waals surface area contributed by atoms with Crippen molar-refractivity contribution in [1.82, 2.24) is 24.6 Å². The zero-order chi connectivity index (χ0) is 30.2. The lowest BCUT2D eigenvalue weighted by atomic mass is 9.95. The number of nitrogens with zero attached hydrogens (tertiary/aromatic N) is 4. The molecule has 3 heterocycles. The number of carbonyl (C=O) groups is 1. The predicted molar refractivity (Wildman–Crippen MR) is 134 cm³/mol. The number of halogens is 4. The van der Waals surface area contributed by atoms with Gasteiger partial charge in [-0.1, -0.05) is 18.2 Å². The van der Waals surface area contributed by atoms with Gasteiger partial charge in [0.15, 0.2) is 23.8 Å². The zero-order valence-corrected chi connectivity index (χ0v) is 22.8. The summed E-state index contributed by atoms with van der Waals surface area (Å²) >= 11 is 0. The number of benzene rings is 1. The zero-order valence-electron chi connectivity index (χ0n) is 21.9. The van der Waals surface area contributed by atoms with E-state index in [4.69, 9.17) is 24.3 Å². The predicted octanol–water partition coefficient (Wildman–Crippen LogP) is 3.07. The van der Waals surface area contributed by atoms with E-state index in [1.54, 1.807) is 19.9 Å². The molecule has 4 N–H and O–H groups in total. The number of alkyl halides is 4. The number of imidazole rings is 1. The third-order valence-corrected chi connectivity index (χ3v) is 7.65. The van der Waals surface area contributed by atoms with Crippen LogP contribution in [0.4, 0.5) is 23.4 Å². The van der Waals surface area contributed by atoms with Gasteiger partial charge in [-0.05, 0) is 32.9 Å². The van der Waals surface area contributed by atoms with Crippen LogP contribution < -0.4 is 15.3 Å². The molecule has 13 nitrogen and oxygen atoms in total. The van der Waals surface area contributed by atoms with E-state index in [1.807, 2.05) is 0 Å². The van der Waals surface area contributed by atoms with Crippen molar-refractivity contribution in [1.29, 1.82) is 0 Å². The molecular formula is C23H27F4N6O7P. The Bertz CT molecular complexity index is 1430. The molecule has 1 unspecified atom stereocenters. The number of aliphatic hydroxyl groups excluding tert-OH is 1. The van der Waals surface area contributed by atoms with Crippen LogP contribution in [0.15, 0.2) is 43.0 Å². The van der Waals surface area contributed by atoms with Crippen molar-refractivity contribution in [3.05, 3.63) is 43.0 Å². The summed E-state index contributed by atoms with van der Waals surface area (Å²) in [6.45, 7) is 2.57.